The number of fused-ring (bicyclic) bond motifs is 1. The molecule has 0 bridgehead atoms. The van der Waals surface area contributed by atoms with Crippen LogP contribution in [-0.2, 0) is 5.41 Å². The molecular formula is C56H45N. The molecular weight excluding hydrogens is 687 g/mol. The predicted molar refractivity (Wildman–Crippen MR) is 245 cm³/mol. The van der Waals surface area contributed by atoms with Crippen LogP contribution in [0.3, 0.4) is 0 Å². The van der Waals surface area contributed by atoms with Crippen LogP contribution in [-0.4, -0.2) is 0 Å². The molecule has 0 saturated heterocycles. The van der Waals surface area contributed by atoms with Gasteiger partial charge in [-0.05, 0) is 108 Å². The number of hydrogen-bond acceptors (Lipinski definition) is 1. The van der Waals surface area contributed by atoms with Gasteiger partial charge in [-0.1, -0.05) is 203 Å². The first-order valence-electron chi connectivity index (χ1n) is 19.8. The summed E-state index contributed by atoms with van der Waals surface area (Å²) in [7, 11) is 0. The highest BCUT2D eigenvalue weighted by molar-refractivity contribution is 6.08. The average molecular weight is 732 g/mol. The first-order chi connectivity index (χ1) is 27.9. The Bertz CT molecular complexity index is 2770. The van der Waals surface area contributed by atoms with Gasteiger partial charge in [-0.3, -0.25) is 0 Å². The second kappa shape index (κ2) is 15.3. The molecule has 0 saturated carbocycles. The molecule has 0 aliphatic heterocycles. The van der Waals surface area contributed by atoms with E-state index in [1.54, 1.807) is 0 Å². The lowest BCUT2D eigenvalue weighted by molar-refractivity contribution is 0.590. The number of nitrogens with zero attached hydrogens (tertiary/aromatic N) is 1. The number of hydrogen-bond donors (Lipinski definition) is 0. The molecule has 9 aromatic rings. The van der Waals surface area contributed by atoms with Crippen molar-refractivity contribution in [3.63, 3.8) is 0 Å². The van der Waals surface area contributed by atoms with Gasteiger partial charge in [0.15, 0.2) is 0 Å². The monoisotopic (exact) mass is 731 g/mol. The zero-order valence-electron chi connectivity index (χ0n) is 32.7. The Morgan fingerprint density at radius 3 is 1.39 bits per heavy atom. The molecule has 57 heavy (non-hydrogen) atoms. The Labute approximate surface area is 337 Å². The topological polar surface area (TPSA) is 3.24 Å². The van der Waals surface area contributed by atoms with Gasteiger partial charge in [-0.15, -0.1) is 0 Å². The van der Waals surface area contributed by atoms with Crippen LogP contribution in [0.25, 0.3) is 66.4 Å². The molecule has 274 valence electrons. The van der Waals surface area contributed by atoms with Crippen molar-refractivity contribution >= 4 is 27.8 Å². The summed E-state index contributed by atoms with van der Waals surface area (Å²) in [5.74, 6) is 0. The highest BCUT2D eigenvalue weighted by atomic mass is 15.1. The number of rotatable bonds is 8. The molecule has 0 amide bonds. The normalized spacial score (nSPS) is 11.4. The highest BCUT2D eigenvalue weighted by Gasteiger charge is 2.21. The Kier molecular flexibility index (Phi) is 9.58. The van der Waals surface area contributed by atoms with Crippen LogP contribution < -0.4 is 4.90 Å². The van der Waals surface area contributed by atoms with Gasteiger partial charge in [0, 0.05) is 16.9 Å². The summed E-state index contributed by atoms with van der Waals surface area (Å²) in [5, 5.41) is 2.48. The van der Waals surface area contributed by atoms with Crippen molar-refractivity contribution in [1.82, 2.24) is 0 Å². The van der Waals surface area contributed by atoms with E-state index in [0.29, 0.717) is 0 Å². The Morgan fingerprint density at radius 1 is 0.316 bits per heavy atom. The summed E-state index contributed by atoms with van der Waals surface area (Å²) >= 11 is 0. The Morgan fingerprint density at radius 2 is 0.789 bits per heavy atom. The van der Waals surface area contributed by atoms with Crippen LogP contribution in [0, 0.1) is 0 Å². The zero-order chi connectivity index (χ0) is 38.8. The SMILES string of the molecule is CC(C)(C)c1ccc(N(c2ccc(-c3ccc(-c4ccccc4)c(-c4ccccc4)c3)cc2)c2ccccc2-c2cccc3cccc(-c4ccccc4)c23)cc1. The summed E-state index contributed by atoms with van der Waals surface area (Å²) < 4.78 is 0. The Hall–Kier alpha value is -6.96. The maximum Gasteiger partial charge on any atom is 0.0540 e. The molecule has 1 nitrogen and oxygen atoms in total. The summed E-state index contributed by atoms with van der Waals surface area (Å²) in [6, 6.07) is 79.4. The minimum atomic E-state index is 0.0500. The van der Waals surface area contributed by atoms with Crippen LogP contribution in [0.5, 0.6) is 0 Å². The van der Waals surface area contributed by atoms with E-state index >= 15 is 0 Å². The van der Waals surface area contributed by atoms with E-state index in [2.05, 4.69) is 244 Å². The molecule has 9 rings (SSSR count). The quantitative estimate of drug-likeness (QED) is 0.150. The third-order valence-electron chi connectivity index (χ3n) is 11.1. The van der Waals surface area contributed by atoms with Crippen LogP contribution in [0.2, 0.25) is 0 Å². The summed E-state index contributed by atoms with van der Waals surface area (Å²) in [6.07, 6.45) is 0. The van der Waals surface area contributed by atoms with Gasteiger partial charge >= 0.3 is 0 Å². The standard InChI is InChI=1S/C56H45N/c1-56(2,3)46-32-36-48(37-33-46)57(54-28-14-13-25-51(54)52-27-16-24-44-23-15-26-50(55(44)52)42-19-9-5-10-20-42)47-34-29-40(30-35-47)45-31-38-49(41-17-7-4-8-18-41)53(39-45)43-21-11-6-12-22-43/h4-39H,1-3H3. The molecule has 0 radical (unpaired) electrons. The average Bonchev–Trinajstić information content (AvgIpc) is 3.27. The van der Waals surface area contributed by atoms with Crippen LogP contribution in [0.1, 0.15) is 26.3 Å². The van der Waals surface area contributed by atoms with Crippen molar-refractivity contribution in [3.8, 4) is 55.6 Å². The summed E-state index contributed by atoms with van der Waals surface area (Å²) in [6.45, 7) is 6.82. The molecule has 1 heteroatoms. The number of benzene rings is 9. The lowest BCUT2D eigenvalue weighted by Gasteiger charge is -2.29. The number of anilines is 3. The highest BCUT2D eigenvalue weighted by Crippen LogP contribution is 2.45. The molecule has 0 fully saturated rings. The van der Waals surface area contributed by atoms with Gasteiger partial charge in [0.05, 0.1) is 5.69 Å². The summed E-state index contributed by atoms with van der Waals surface area (Å²) in [5.41, 5.74) is 16.8. The van der Waals surface area contributed by atoms with Crippen LogP contribution in [0.4, 0.5) is 17.1 Å². The largest absolute Gasteiger partial charge is 0.310 e. The molecule has 0 N–H and O–H groups in total. The van der Waals surface area contributed by atoms with E-state index in [4.69, 9.17) is 0 Å². The second-order valence-electron chi connectivity index (χ2n) is 15.8. The van der Waals surface area contributed by atoms with E-state index < -0.39 is 0 Å². The lowest BCUT2D eigenvalue weighted by Crippen LogP contribution is -2.13. The molecule has 9 aromatic carbocycles. The Balaban J connectivity index is 1.19. The zero-order valence-corrected chi connectivity index (χ0v) is 32.7. The fourth-order valence-electron chi connectivity index (χ4n) is 8.11. The van der Waals surface area contributed by atoms with Crippen molar-refractivity contribution < 1.29 is 0 Å². The minimum absolute atomic E-state index is 0.0500. The van der Waals surface area contributed by atoms with Gasteiger partial charge < -0.3 is 4.90 Å². The second-order valence-corrected chi connectivity index (χ2v) is 15.8. The van der Waals surface area contributed by atoms with Gasteiger partial charge in [-0.2, -0.15) is 0 Å². The molecule has 0 unspecified atom stereocenters. The first kappa shape index (κ1) is 35.7. The third-order valence-corrected chi connectivity index (χ3v) is 11.1. The number of para-hydroxylation sites is 1. The maximum atomic E-state index is 2.42. The van der Waals surface area contributed by atoms with Crippen molar-refractivity contribution in [1.29, 1.82) is 0 Å². The van der Waals surface area contributed by atoms with Gasteiger partial charge in [-0.25, -0.2) is 0 Å². The van der Waals surface area contributed by atoms with Crippen LogP contribution in [0.15, 0.2) is 218 Å². The van der Waals surface area contributed by atoms with E-state index in [9.17, 15) is 0 Å². The molecule has 0 aliphatic carbocycles. The van der Waals surface area contributed by atoms with Crippen molar-refractivity contribution in [2.24, 2.45) is 0 Å². The van der Waals surface area contributed by atoms with Gasteiger partial charge in [0.25, 0.3) is 0 Å². The van der Waals surface area contributed by atoms with E-state index in [1.807, 2.05) is 0 Å². The predicted octanol–water partition coefficient (Wildman–Crippen LogP) is 15.9. The fraction of sp³-hybridized carbons (Fsp3) is 0.0714. The molecule has 0 atom stereocenters. The van der Waals surface area contributed by atoms with Crippen molar-refractivity contribution in [2.75, 3.05) is 4.90 Å². The molecule has 0 aromatic heterocycles. The third kappa shape index (κ3) is 7.17. The smallest absolute Gasteiger partial charge is 0.0540 e. The fourth-order valence-corrected chi connectivity index (χ4v) is 8.11. The molecule has 0 aliphatic rings. The summed E-state index contributed by atoms with van der Waals surface area (Å²) in [4.78, 5) is 2.42. The van der Waals surface area contributed by atoms with Gasteiger partial charge in [0.1, 0.15) is 0 Å². The molecule has 0 spiro atoms. The van der Waals surface area contributed by atoms with Crippen molar-refractivity contribution in [3.05, 3.63) is 224 Å². The first-order valence-corrected chi connectivity index (χ1v) is 19.8. The lowest BCUT2D eigenvalue weighted by atomic mass is 9.87. The molecule has 0 heterocycles. The van der Waals surface area contributed by atoms with Crippen LogP contribution >= 0.6 is 0 Å². The van der Waals surface area contributed by atoms with E-state index in [-0.39, 0.29) is 5.41 Å². The van der Waals surface area contributed by atoms with Crippen molar-refractivity contribution in [2.45, 2.75) is 26.2 Å². The van der Waals surface area contributed by atoms with E-state index in [0.717, 1.165) is 17.1 Å². The maximum absolute atomic E-state index is 2.42. The van der Waals surface area contributed by atoms with Gasteiger partial charge in [0.2, 0.25) is 0 Å². The van der Waals surface area contributed by atoms with E-state index in [1.165, 1.54) is 72.0 Å². The minimum Gasteiger partial charge on any atom is -0.310 e.